The van der Waals surface area contributed by atoms with E-state index in [1.54, 1.807) is 0 Å². The first-order valence-electron chi connectivity index (χ1n) is 10.5. The molecule has 3 rings (SSSR count). The Kier molecular flexibility index (Phi) is 7.69. The Hall–Kier alpha value is -3.13. The Bertz CT molecular complexity index is 1120. The second kappa shape index (κ2) is 10.5. The summed E-state index contributed by atoms with van der Waals surface area (Å²) in [5.41, 5.74) is 6.05. The molecule has 0 spiro atoms. The molecule has 0 saturated heterocycles. The number of aryl methyl sites for hydroxylation is 4. The Labute approximate surface area is 193 Å². The van der Waals surface area contributed by atoms with Crippen LogP contribution in [0.5, 0.6) is 0 Å². The highest BCUT2D eigenvalue weighted by Crippen LogP contribution is 2.20. The van der Waals surface area contributed by atoms with Gasteiger partial charge in [-0.3, -0.25) is 9.59 Å². The van der Waals surface area contributed by atoms with Crippen LogP contribution in [-0.4, -0.2) is 32.3 Å². The van der Waals surface area contributed by atoms with Gasteiger partial charge in [0.1, 0.15) is 5.82 Å². The Balaban J connectivity index is 1.59. The molecule has 0 fully saturated rings. The van der Waals surface area contributed by atoms with E-state index in [1.165, 1.54) is 17.3 Å². The lowest BCUT2D eigenvalue weighted by atomic mass is 10.1. The van der Waals surface area contributed by atoms with Gasteiger partial charge in [-0.2, -0.15) is 0 Å². The number of anilines is 2. The second-order valence-corrected chi connectivity index (χ2v) is 8.82. The molecule has 2 amide bonds. The lowest BCUT2D eigenvalue weighted by Gasteiger charge is -2.10. The molecule has 0 aliphatic carbocycles. The first-order valence-corrected chi connectivity index (χ1v) is 11.5. The number of carbonyl (C=O) groups is 2. The van der Waals surface area contributed by atoms with Crippen LogP contribution in [0.4, 0.5) is 11.4 Å². The molecule has 3 aromatic rings. The maximum Gasteiger partial charge on any atom is 0.234 e. The van der Waals surface area contributed by atoms with Crippen molar-refractivity contribution < 1.29 is 9.59 Å². The normalized spacial score (nSPS) is 10.8. The van der Waals surface area contributed by atoms with Crippen LogP contribution in [0.1, 0.15) is 35.0 Å². The molecule has 7 nitrogen and oxygen atoms in total. The van der Waals surface area contributed by atoms with Crippen molar-refractivity contribution in [2.45, 2.75) is 52.7 Å². The van der Waals surface area contributed by atoms with Gasteiger partial charge in [0, 0.05) is 17.9 Å². The van der Waals surface area contributed by atoms with Crippen molar-refractivity contribution in [3.63, 3.8) is 0 Å². The molecular weight excluding hydrogens is 422 g/mol. The highest BCUT2D eigenvalue weighted by Gasteiger charge is 2.16. The number of amides is 2. The Morgan fingerprint density at radius 2 is 1.56 bits per heavy atom. The van der Waals surface area contributed by atoms with E-state index in [4.69, 9.17) is 0 Å². The van der Waals surface area contributed by atoms with Crippen LogP contribution in [0.15, 0.2) is 41.6 Å². The standard InChI is InChI=1S/C24H29N5O2S/c1-6-29-21(13-22(30)25-19-8-7-17(4)18(5)12-19)27-28-24(29)32-14-23(31)26-20-10-15(2)9-16(3)11-20/h7-12H,6,13-14H2,1-5H3,(H,25,30)(H,26,31). The zero-order valence-electron chi connectivity index (χ0n) is 19.2. The SMILES string of the molecule is CCn1c(CC(=O)Nc2ccc(C)c(C)c2)nnc1SCC(=O)Nc1cc(C)cc(C)c1. The third-order valence-corrected chi connectivity index (χ3v) is 6.02. The Morgan fingerprint density at radius 1 is 0.875 bits per heavy atom. The van der Waals surface area contributed by atoms with Gasteiger partial charge in [-0.05, 0) is 81.1 Å². The molecule has 0 aliphatic rings. The van der Waals surface area contributed by atoms with Gasteiger partial charge >= 0.3 is 0 Å². The summed E-state index contributed by atoms with van der Waals surface area (Å²) < 4.78 is 1.87. The molecule has 1 heterocycles. The van der Waals surface area contributed by atoms with E-state index in [0.29, 0.717) is 17.5 Å². The topological polar surface area (TPSA) is 88.9 Å². The number of nitrogens with zero attached hydrogens (tertiary/aromatic N) is 3. The number of aromatic nitrogens is 3. The van der Waals surface area contributed by atoms with E-state index in [1.807, 2.05) is 69.5 Å². The van der Waals surface area contributed by atoms with E-state index in [0.717, 1.165) is 28.1 Å². The Morgan fingerprint density at radius 3 is 2.22 bits per heavy atom. The van der Waals surface area contributed by atoms with Crippen molar-refractivity contribution in [2.24, 2.45) is 0 Å². The van der Waals surface area contributed by atoms with Gasteiger partial charge in [0.25, 0.3) is 0 Å². The van der Waals surface area contributed by atoms with E-state index >= 15 is 0 Å². The fourth-order valence-corrected chi connectivity index (χ4v) is 4.24. The zero-order valence-corrected chi connectivity index (χ0v) is 20.0. The lowest BCUT2D eigenvalue weighted by molar-refractivity contribution is -0.116. The van der Waals surface area contributed by atoms with Crippen molar-refractivity contribution in [1.82, 2.24) is 14.8 Å². The van der Waals surface area contributed by atoms with Crippen molar-refractivity contribution in [1.29, 1.82) is 0 Å². The van der Waals surface area contributed by atoms with Crippen molar-refractivity contribution in [3.8, 4) is 0 Å². The molecular formula is C24H29N5O2S. The first kappa shape index (κ1) is 23.5. The molecule has 8 heteroatoms. The average molecular weight is 452 g/mol. The molecule has 2 aromatic carbocycles. The molecule has 0 atom stereocenters. The number of benzene rings is 2. The summed E-state index contributed by atoms with van der Waals surface area (Å²) in [4.78, 5) is 24.9. The third-order valence-electron chi connectivity index (χ3n) is 5.06. The van der Waals surface area contributed by atoms with E-state index in [2.05, 4.69) is 26.9 Å². The summed E-state index contributed by atoms with van der Waals surface area (Å²) >= 11 is 1.31. The minimum Gasteiger partial charge on any atom is -0.326 e. The van der Waals surface area contributed by atoms with Gasteiger partial charge in [-0.25, -0.2) is 0 Å². The summed E-state index contributed by atoms with van der Waals surface area (Å²) in [6.45, 7) is 10.6. The van der Waals surface area contributed by atoms with Crippen LogP contribution in [0.3, 0.4) is 0 Å². The molecule has 1 aromatic heterocycles. The minimum atomic E-state index is -0.153. The molecule has 2 N–H and O–H groups in total. The first-order chi connectivity index (χ1) is 15.2. The molecule has 168 valence electrons. The number of thioether (sulfide) groups is 1. The molecule has 0 radical (unpaired) electrons. The predicted octanol–water partition coefficient (Wildman–Crippen LogP) is 4.44. The summed E-state index contributed by atoms with van der Waals surface area (Å²) in [7, 11) is 0. The zero-order chi connectivity index (χ0) is 23.3. The summed E-state index contributed by atoms with van der Waals surface area (Å²) in [5, 5.41) is 14.8. The maximum atomic E-state index is 12.5. The van der Waals surface area contributed by atoms with Crippen LogP contribution >= 0.6 is 11.8 Å². The van der Waals surface area contributed by atoms with Gasteiger partial charge in [0.2, 0.25) is 11.8 Å². The summed E-state index contributed by atoms with van der Waals surface area (Å²) in [5.74, 6) is 0.519. The molecule has 0 saturated carbocycles. The smallest absolute Gasteiger partial charge is 0.234 e. The van der Waals surface area contributed by atoms with Gasteiger partial charge in [-0.15, -0.1) is 10.2 Å². The largest absolute Gasteiger partial charge is 0.326 e. The maximum absolute atomic E-state index is 12.5. The van der Waals surface area contributed by atoms with E-state index in [9.17, 15) is 9.59 Å². The third kappa shape index (κ3) is 6.20. The van der Waals surface area contributed by atoms with Gasteiger partial charge in [-0.1, -0.05) is 23.9 Å². The summed E-state index contributed by atoms with van der Waals surface area (Å²) in [6, 6.07) is 11.8. The van der Waals surface area contributed by atoms with Crippen molar-refractivity contribution in [3.05, 3.63) is 64.5 Å². The molecule has 0 bridgehead atoms. The highest BCUT2D eigenvalue weighted by molar-refractivity contribution is 7.99. The van der Waals surface area contributed by atoms with Crippen LogP contribution < -0.4 is 10.6 Å². The fourth-order valence-electron chi connectivity index (χ4n) is 3.42. The summed E-state index contributed by atoms with van der Waals surface area (Å²) in [6.07, 6.45) is 0.114. The van der Waals surface area contributed by atoms with Crippen molar-refractivity contribution in [2.75, 3.05) is 16.4 Å². The van der Waals surface area contributed by atoms with Gasteiger partial charge in [0.05, 0.1) is 12.2 Å². The van der Waals surface area contributed by atoms with Crippen LogP contribution in [0, 0.1) is 27.7 Å². The minimum absolute atomic E-state index is 0.111. The number of carbonyl (C=O) groups excluding carboxylic acids is 2. The number of nitrogens with one attached hydrogen (secondary N) is 2. The lowest BCUT2D eigenvalue weighted by Crippen LogP contribution is -2.18. The van der Waals surface area contributed by atoms with E-state index < -0.39 is 0 Å². The predicted molar refractivity (Wildman–Crippen MR) is 129 cm³/mol. The second-order valence-electron chi connectivity index (χ2n) is 7.88. The van der Waals surface area contributed by atoms with Gasteiger partial charge in [0.15, 0.2) is 5.16 Å². The molecule has 32 heavy (non-hydrogen) atoms. The quantitative estimate of drug-likeness (QED) is 0.494. The molecule has 0 unspecified atom stereocenters. The molecule has 0 aliphatic heterocycles. The number of hydrogen-bond acceptors (Lipinski definition) is 5. The van der Waals surface area contributed by atoms with Gasteiger partial charge < -0.3 is 15.2 Å². The average Bonchev–Trinajstić information content (AvgIpc) is 3.09. The highest BCUT2D eigenvalue weighted by atomic mass is 32.2. The fraction of sp³-hybridized carbons (Fsp3) is 0.333. The monoisotopic (exact) mass is 451 g/mol. The van der Waals surface area contributed by atoms with Crippen LogP contribution in [0.25, 0.3) is 0 Å². The van der Waals surface area contributed by atoms with Crippen LogP contribution in [0.2, 0.25) is 0 Å². The van der Waals surface area contributed by atoms with Crippen molar-refractivity contribution >= 4 is 35.0 Å². The van der Waals surface area contributed by atoms with E-state index in [-0.39, 0.29) is 24.0 Å². The number of hydrogen-bond donors (Lipinski definition) is 2. The van der Waals surface area contributed by atoms with Crippen LogP contribution in [-0.2, 0) is 22.6 Å². The number of rotatable bonds is 8.